The molecule has 0 bridgehead atoms. The van der Waals surface area contributed by atoms with Gasteiger partial charge in [0.2, 0.25) is 0 Å². The maximum Gasteiger partial charge on any atom is 0.271 e. The molecule has 1 fully saturated rings. The number of piperazine rings is 1. The number of nitro groups is 1. The number of thiocarbonyl (C=S) groups is 1. The van der Waals surface area contributed by atoms with Gasteiger partial charge in [0.05, 0.1) is 4.92 Å². The Bertz CT molecular complexity index is 804. The Morgan fingerprint density at radius 3 is 2.58 bits per heavy atom. The van der Waals surface area contributed by atoms with Crippen LogP contribution < -0.4 is 5.32 Å². The minimum absolute atomic E-state index is 0.0563. The molecule has 1 aliphatic rings. The molecule has 1 saturated heterocycles. The molecule has 0 saturated carbocycles. The lowest BCUT2D eigenvalue weighted by Crippen LogP contribution is -2.49. The van der Waals surface area contributed by atoms with E-state index in [2.05, 4.69) is 46.3 Å². The molecular weight excluding hydrogens is 348 g/mol. The van der Waals surface area contributed by atoms with Gasteiger partial charge in [-0.3, -0.25) is 15.0 Å². The van der Waals surface area contributed by atoms with E-state index in [0.717, 1.165) is 32.7 Å². The molecule has 0 spiro atoms. The van der Waals surface area contributed by atoms with Crippen molar-refractivity contribution in [2.75, 3.05) is 31.5 Å². The van der Waals surface area contributed by atoms with Crippen molar-refractivity contribution >= 4 is 28.7 Å². The van der Waals surface area contributed by atoms with Crippen molar-refractivity contribution in [2.24, 2.45) is 0 Å². The van der Waals surface area contributed by atoms with Gasteiger partial charge in [-0.2, -0.15) is 0 Å². The third-order valence-corrected chi connectivity index (χ3v) is 4.98. The molecule has 7 heteroatoms. The predicted octanol–water partition coefficient (Wildman–Crippen LogP) is 3.42. The molecule has 2 aromatic carbocycles. The van der Waals surface area contributed by atoms with Crippen LogP contribution >= 0.6 is 12.2 Å². The summed E-state index contributed by atoms with van der Waals surface area (Å²) < 4.78 is 0. The second-order valence-corrected chi connectivity index (χ2v) is 6.81. The highest BCUT2D eigenvalue weighted by Gasteiger charge is 2.19. The van der Waals surface area contributed by atoms with Crippen molar-refractivity contribution in [3.63, 3.8) is 0 Å². The van der Waals surface area contributed by atoms with E-state index < -0.39 is 4.92 Å². The van der Waals surface area contributed by atoms with Crippen LogP contribution in [-0.2, 0) is 6.54 Å². The van der Waals surface area contributed by atoms with Crippen LogP contribution in [0, 0.1) is 17.0 Å². The van der Waals surface area contributed by atoms with Gasteiger partial charge in [0.25, 0.3) is 5.69 Å². The first-order chi connectivity index (χ1) is 12.5. The van der Waals surface area contributed by atoms with Crippen LogP contribution in [0.4, 0.5) is 11.4 Å². The lowest BCUT2D eigenvalue weighted by atomic mass is 10.1. The quantitative estimate of drug-likeness (QED) is 0.506. The van der Waals surface area contributed by atoms with Crippen molar-refractivity contribution in [2.45, 2.75) is 13.5 Å². The molecule has 0 atom stereocenters. The van der Waals surface area contributed by atoms with Crippen LogP contribution in [0.1, 0.15) is 11.1 Å². The summed E-state index contributed by atoms with van der Waals surface area (Å²) in [5, 5.41) is 14.6. The number of hydrogen-bond donors (Lipinski definition) is 1. The molecule has 26 heavy (non-hydrogen) atoms. The van der Waals surface area contributed by atoms with Gasteiger partial charge in [0, 0.05) is 50.5 Å². The molecule has 3 rings (SSSR count). The monoisotopic (exact) mass is 370 g/mol. The average molecular weight is 370 g/mol. The highest BCUT2D eigenvalue weighted by Crippen LogP contribution is 2.18. The molecule has 136 valence electrons. The molecule has 0 radical (unpaired) electrons. The van der Waals surface area contributed by atoms with Crippen molar-refractivity contribution in [1.29, 1.82) is 0 Å². The first kappa shape index (κ1) is 18.3. The molecule has 0 aromatic heterocycles. The van der Waals surface area contributed by atoms with E-state index in [1.807, 2.05) is 0 Å². The van der Waals surface area contributed by atoms with E-state index in [1.165, 1.54) is 23.3 Å². The Morgan fingerprint density at radius 2 is 1.88 bits per heavy atom. The van der Waals surface area contributed by atoms with E-state index in [1.54, 1.807) is 12.1 Å². The number of benzene rings is 2. The third-order valence-electron chi connectivity index (χ3n) is 4.62. The first-order valence-corrected chi connectivity index (χ1v) is 9.01. The van der Waals surface area contributed by atoms with Crippen LogP contribution in [0.15, 0.2) is 48.5 Å². The summed E-state index contributed by atoms with van der Waals surface area (Å²) in [6.07, 6.45) is 0. The van der Waals surface area contributed by atoms with Gasteiger partial charge < -0.3 is 10.2 Å². The highest BCUT2D eigenvalue weighted by atomic mass is 32.1. The summed E-state index contributed by atoms with van der Waals surface area (Å²) >= 11 is 5.48. The zero-order chi connectivity index (χ0) is 18.5. The molecule has 0 unspecified atom stereocenters. The zero-order valence-corrected chi connectivity index (χ0v) is 15.5. The molecule has 1 heterocycles. The molecule has 1 N–H and O–H groups in total. The van der Waals surface area contributed by atoms with Gasteiger partial charge >= 0.3 is 0 Å². The summed E-state index contributed by atoms with van der Waals surface area (Å²) in [6.45, 7) is 6.64. The van der Waals surface area contributed by atoms with E-state index in [9.17, 15) is 10.1 Å². The van der Waals surface area contributed by atoms with Crippen molar-refractivity contribution in [1.82, 2.24) is 9.80 Å². The normalized spacial score (nSPS) is 14.9. The molecule has 2 aromatic rings. The minimum Gasteiger partial charge on any atom is -0.346 e. The fourth-order valence-electron chi connectivity index (χ4n) is 3.04. The number of hydrogen-bond acceptors (Lipinski definition) is 4. The summed E-state index contributed by atoms with van der Waals surface area (Å²) in [5.74, 6) is 0. The number of anilines is 1. The van der Waals surface area contributed by atoms with E-state index in [4.69, 9.17) is 12.2 Å². The van der Waals surface area contributed by atoms with Gasteiger partial charge in [-0.25, -0.2) is 0 Å². The molecule has 0 amide bonds. The predicted molar refractivity (Wildman–Crippen MR) is 107 cm³/mol. The Labute approximate surface area is 158 Å². The van der Waals surface area contributed by atoms with Crippen LogP contribution in [0.25, 0.3) is 0 Å². The lowest BCUT2D eigenvalue weighted by Gasteiger charge is -2.36. The van der Waals surface area contributed by atoms with Crippen LogP contribution in [-0.4, -0.2) is 46.0 Å². The van der Waals surface area contributed by atoms with Gasteiger partial charge in [-0.1, -0.05) is 30.3 Å². The summed E-state index contributed by atoms with van der Waals surface area (Å²) in [4.78, 5) is 15.0. The SMILES string of the molecule is Cc1ccccc1CN1CCN(C(=S)Nc2cccc([N+](=O)[O-])c2)CC1. The maximum atomic E-state index is 10.9. The minimum atomic E-state index is -0.404. The molecule has 1 aliphatic heterocycles. The van der Waals surface area contributed by atoms with Crippen molar-refractivity contribution < 1.29 is 4.92 Å². The summed E-state index contributed by atoms with van der Waals surface area (Å²) in [7, 11) is 0. The number of rotatable bonds is 4. The first-order valence-electron chi connectivity index (χ1n) is 8.60. The second-order valence-electron chi connectivity index (χ2n) is 6.43. The molecule has 0 aliphatic carbocycles. The van der Waals surface area contributed by atoms with Crippen LogP contribution in [0.2, 0.25) is 0 Å². The maximum absolute atomic E-state index is 10.9. The third kappa shape index (κ3) is 4.56. The fraction of sp³-hybridized carbons (Fsp3) is 0.316. The Balaban J connectivity index is 1.53. The van der Waals surface area contributed by atoms with Crippen molar-refractivity contribution in [3.05, 3.63) is 69.8 Å². The largest absolute Gasteiger partial charge is 0.346 e. The number of nitrogens with zero attached hydrogens (tertiary/aromatic N) is 3. The smallest absolute Gasteiger partial charge is 0.271 e. The standard InChI is InChI=1S/C19H22N4O2S/c1-15-5-2-3-6-16(15)14-21-9-11-22(12-10-21)19(26)20-17-7-4-8-18(13-17)23(24)25/h2-8,13H,9-12,14H2,1H3,(H,20,26). The molecule has 6 nitrogen and oxygen atoms in total. The van der Waals surface area contributed by atoms with Gasteiger partial charge in [0.1, 0.15) is 0 Å². The summed E-state index contributed by atoms with van der Waals surface area (Å²) in [5.41, 5.74) is 3.38. The average Bonchev–Trinajstić information content (AvgIpc) is 2.64. The second kappa shape index (κ2) is 8.25. The fourth-order valence-corrected chi connectivity index (χ4v) is 3.34. The van der Waals surface area contributed by atoms with E-state index >= 15 is 0 Å². The lowest BCUT2D eigenvalue weighted by molar-refractivity contribution is -0.384. The van der Waals surface area contributed by atoms with Crippen LogP contribution in [0.3, 0.4) is 0 Å². The zero-order valence-electron chi connectivity index (χ0n) is 14.7. The van der Waals surface area contributed by atoms with E-state index in [0.29, 0.717) is 10.8 Å². The Morgan fingerprint density at radius 1 is 1.15 bits per heavy atom. The summed E-state index contributed by atoms with van der Waals surface area (Å²) in [6, 6.07) is 14.9. The van der Waals surface area contributed by atoms with Crippen LogP contribution in [0.5, 0.6) is 0 Å². The highest BCUT2D eigenvalue weighted by molar-refractivity contribution is 7.80. The van der Waals surface area contributed by atoms with E-state index in [-0.39, 0.29) is 5.69 Å². The van der Waals surface area contributed by atoms with Crippen molar-refractivity contribution in [3.8, 4) is 0 Å². The van der Waals surface area contributed by atoms with Gasteiger partial charge in [0.15, 0.2) is 5.11 Å². The molecular formula is C19H22N4O2S. The van der Waals surface area contributed by atoms with Gasteiger partial charge in [-0.05, 0) is 36.3 Å². The number of nitro benzene ring substituents is 1. The number of nitrogens with one attached hydrogen (secondary N) is 1. The number of non-ortho nitro benzene ring substituents is 1. The van der Waals surface area contributed by atoms with Gasteiger partial charge in [-0.15, -0.1) is 0 Å². The number of aryl methyl sites for hydroxylation is 1. The Hall–Kier alpha value is -2.51. The Kier molecular flexibility index (Phi) is 5.80. The topological polar surface area (TPSA) is 61.6 Å².